The van der Waals surface area contributed by atoms with Gasteiger partial charge in [0.05, 0.1) is 6.61 Å². The van der Waals surface area contributed by atoms with Gasteiger partial charge in [-0.1, -0.05) is 13.8 Å². The Morgan fingerprint density at radius 3 is 2.41 bits per heavy atom. The molecule has 1 rings (SSSR count). The maximum atomic E-state index is 5.67. The zero-order chi connectivity index (χ0) is 13.1. The van der Waals surface area contributed by atoms with Crippen molar-refractivity contribution in [2.45, 2.75) is 47.1 Å². The van der Waals surface area contributed by atoms with Gasteiger partial charge < -0.3 is 10.1 Å². The van der Waals surface area contributed by atoms with Gasteiger partial charge in [0.2, 0.25) is 5.88 Å². The molecule has 1 heterocycles. The van der Waals surface area contributed by atoms with Crippen LogP contribution in [0.15, 0.2) is 6.07 Å². The van der Waals surface area contributed by atoms with Crippen LogP contribution in [0.25, 0.3) is 0 Å². The highest BCUT2D eigenvalue weighted by atomic mass is 16.5. The topological polar surface area (TPSA) is 49.9 Å². The second-order valence-electron chi connectivity index (χ2n) is 6.45. The quantitative estimate of drug-likeness (QED) is 0.830. The molecule has 1 aromatic heterocycles. The summed E-state index contributed by atoms with van der Waals surface area (Å²) in [7, 11) is 0. The molecule has 4 nitrogen and oxygen atoms in total. The first-order valence-corrected chi connectivity index (χ1v) is 6.08. The van der Waals surface area contributed by atoms with Crippen LogP contribution in [0.3, 0.4) is 0 Å². The Labute approximate surface area is 104 Å². The lowest BCUT2D eigenvalue weighted by Crippen LogP contribution is -2.43. The van der Waals surface area contributed by atoms with Gasteiger partial charge in [-0.3, -0.25) is 5.10 Å². The summed E-state index contributed by atoms with van der Waals surface area (Å²) in [5, 5.41) is 10.4. The van der Waals surface area contributed by atoms with Crippen molar-refractivity contribution in [3.8, 4) is 5.88 Å². The molecular weight excluding hydrogens is 214 g/mol. The van der Waals surface area contributed by atoms with E-state index < -0.39 is 0 Å². The minimum Gasteiger partial charge on any atom is -0.476 e. The van der Waals surface area contributed by atoms with Crippen molar-refractivity contribution in [3.63, 3.8) is 0 Å². The number of hydrogen-bond donors (Lipinski definition) is 2. The summed E-state index contributed by atoms with van der Waals surface area (Å²) in [6, 6.07) is 1.91. The van der Waals surface area contributed by atoms with Gasteiger partial charge in [0.1, 0.15) is 0 Å². The van der Waals surface area contributed by atoms with E-state index in [-0.39, 0.29) is 11.0 Å². The number of aryl methyl sites for hydroxylation is 1. The summed E-state index contributed by atoms with van der Waals surface area (Å²) in [4.78, 5) is 0. The molecule has 0 amide bonds. The van der Waals surface area contributed by atoms with Crippen LogP contribution >= 0.6 is 0 Å². The van der Waals surface area contributed by atoms with Crippen LogP contribution in [0, 0.1) is 12.3 Å². The van der Waals surface area contributed by atoms with E-state index in [1.807, 2.05) is 13.0 Å². The molecular formula is C13H25N3O. The predicted octanol–water partition coefficient (Wildman–Crippen LogP) is 2.51. The third-order valence-electron chi connectivity index (χ3n) is 2.39. The molecule has 0 spiro atoms. The molecule has 0 aromatic carbocycles. The highest BCUT2D eigenvalue weighted by Gasteiger charge is 2.22. The molecule has 4 heteroatoms. The smallest absolute Gasteiger partial charge is 0.232 e. The largest absolute Gasteiger partial charge is 0.476 e. The molecule has 0 saturated carbocycles. The highest BCUT2D eigenvalue weighted by Crippen LogP contribution is 2.18. The average Bonchev–Trinajstić information content (AvgIpc) is 2.58. The van der Waals surface area contributed by atoms with Crippen LogP contribution in [-0.4, -0.2) is 28.9 Å². The molecule has 0 aliphatic carbocycles. The van der Waals surface area contributed by atoms with E-state index in [0.29, 0.717) is 12.5 Å². The third-order valence-corrected chi connectivity index (χ3v) is 2.39. The Kier molecular flexibility index (Phi) is 4.20. The number of rotatable bonds is 5. The van der Waals surface area contributed by atoms with E-state index >= 15 is 0 Å². The highest BCUT2D eigenvalue weighted by molar-refractivity contribution is 5.12. The van der Waals surface area contributed by atoms with Crippen LogP contribution < -0.4 is 10.1 Å². The van der Waals surface area contributed by atoms with Crippen molar-refractivity contribution < 1.29 is 4.74 Å². The zero-order valence-electron chi connectivity index (χ0n) is 11.8. The molecule has 0 aliphatic heterocycles. The molecule has 0 unspecified atom stereocenters. The van der Waals surface area contributed by atoms with E-state index in [1.165, 1.54) is 0 Å². The lowest BCUT2D eigenvalue weighted by Gasteiger charge is -2.30. The van der Waals surface area contributed by atoms with Gasteiger partial charge in [-0.25, -0.2) is 0 Å². The van der Waals surface area contributed by atoms with Crippen LogP contribution in [0.1, 0.15) is 40.3 Å². The Morgan fingerprint density at radius 1 is 1.29 bits per heavy atom. The molecule has 98 valence electrons. The van der Waals surface area contributed by atoms with Crippen molar-refractivity contribution in [2.75, 3.05) is 13.2 Å². The molecule has 0 radical (unpaired) electrons. The van der Waals surface area contributed by atoms with E-state index in [2.05, 4.69) is 50.1 Å². The van der Waals surface area contributed by atoms with Crippen LogP contribution in [0.5, 0.6) is 5.88 Å². The van der Waals surface area contributed by atoms with Gasteiger partial charge in [-0.05, 0) is 27.7 Å². The second-order valence-corrected chi connectivity index (χ2v) is 6.45. The molecule has 2 N–H and O–H groups in total. The first-order chi connectivity index (χ1) is 7.68. The number of ether oxygens (including phenoxy) is 1. The lowest BCUT2D eigenvalue weighted by atomic mass is 9.93. The number of aromatic nitrogens is 2. The van der Waals surface area contributed by atoms with Gasteiger partial charge in [0.15, 0.2) is 0 Å². The van der Waals surface area contributed by atoms with Crippen LogP contribution in [0.2, 0.25) is 0 Å². The standard InChI is InChI=1S/C13H25N3O/c1-10-7-11(16-15-10)17-9-13(5,6)8-14-12(2,3)4/h7,14H,8-9H2,1-6H3,(H,15,16). The molecule has 0 saturated heterocycles. The number of aromatic amines is 1. The molecule has 0 bridgehead atoms. The average molecular weight is 239 g/mol. The number of hydrogen-bond acceptors (Lipinski definition) is 3. The fourth-order valence-corrected chi connectivity index (χ4v) is 1.29. The van der Waals surface area contributed by atoms with Crippen molar-refractivity contribution in [1.29, 1.82) is 0 Å². The maximum Gasteiger partial charge on any atom is 0.232 e. The van der Waals surface area contributed by atoms with Crippen molar-refractivity contribution in [3.05, 3.63) is 11.8 Å². The summed E-state index contributed by atoms with van der Waals surface area (Å²) < 4.78 is 5.67. The summed E-state index contributed by atoms with van der Waals surface area (Å²) in [6.45, 7) is 14.4. The van der Waals surface area contributed by atoms with Gasteiger partial charge in [-0.2, -0.15) is 0 Å². The minimum absolute atomic E-state index is 0.0835. The number of H-pyrrole nitrogens is 1. The first kappa shape index (κ1) is 14.0. The molecule has 0 aliphatic rings. The molecule has 1 aromatic rings. The van der Waals surface area contributed by atoms with Crippen molar-refractivity contribution in [1.82, 2.24) is 15.5 Å². The predicted molar refractivity (Wildman–Crippen MR) is 70.4 cm³/mol. The lowest BCUT2D eigenvalue weighted by molar-refractivity contribution is 0.161. The summed E-state index contributed by atoms with van der Waals surface area (Å²) >= 11 is 0. The van der Waals surface area contributed by atoms with Crippen LogP contribution in [0.4, 0.5) is 0 Å². The minimum atomic E-state index is 0.0835. The summed E-state index contributed by atoms with van der Waals surface area (Å²) in [6.07, 6.45) is 0. The Hall–Kier alpha value is -1.03. The SMILES string of the molecule is Cc1cc(OCC(C)(C)CNC(C)(C)C)n[nH]1. The van der Waals surface area contributed by atoms with Gasteiger partial charge in [0.25, 0.3) is 0 Å². The third kappa shape index (κ3) is 5.73. The van der Waals surface area contributed by atoms with Crippen LogP contribution in [-0.2, 0) is 0 Å². The summed E-state index contributed by atoms with van der Waals surface area (Å²) in [5.41, 5.74) is 1.24. The fraction of sp³-hybridized carbons (Fsp3) is 0.769. The zero-order valence-corrected chi connectivity index (χ0v) is 11.8. The molecule has 0 fully saturated rings. The van der Waals surface area contributed by atoms with Gasteiger partial charge in [0, 0.05) is 29.3 Å². The van der Waals surface area contributed by atoms with Crippen molar-refractivity contribution in [2.24, 2.45) is 5.41 Å². The van der Waals surface area contributed by atoms with E-state index in [0.717, 1.165) is 12.2 Å². The monoisotopic (exact) mass is 239 g/mol. The fourth-order valence-electron chi connectivity index (χ4n) is 1.29. The second kappa shape index (κ2) is 5.08. The Morgan fingerprint density at radius 2 is 1.94 bits per heavy atom. The summed E-state index contributed by atoms with van der Waals surface area (Å²) in [5.74, 6) is 0.673. The Balaban J connectivity index is 2.39. The molecule has 0 atom stereocenters. The van der Waals surface area contributed by atoms with Crippen molar-refractivity contribution >= 4 is 0 Å². The molecule has 17 heavy (non-hydrogen) atoms. The number of nitrogens with zero attached hydrogens (tertiary/aromatic N) is 1. The maximum absolute atomic E-state index is 5.67. The van der Waals surface area contributed by atoms with E-state index in [9.17, 15) is 0 Å². The number of nitrogens with one attached hydrogen (secondary N) is 2. The van der Waals surface area contributed by atoms with Gasteiger partial charge in [-0.15, -0.1) is 5.10 Å². The van der Waals surface area contributed by atoms with E-state index in [4.69, 9.17) is 4.74 Å². The first-order valence-electron chi connectivity index (χ1n) is 6.08. The van der Waals surface area contributed by atoms with Gasteiger partial charge >= 0.3 is 0 Å². The van der Waals surface area contributed by atoms with E-state index in [1.54, 1.807) is 0 Å². The normalized spacial score (nSPS) is 12.8. The Bertz CT molecular complexity index is 350.